The van der Waals surface area contributed by atoms with Crippen molar-refractivity contribution in [3.8, 4) is 11.5 Å². The molecule has 1 amide bonds. The monoisotopic (exact) mass is 515 g/mol. The zero-order valence-corrected chi connectivity index (χ0v) is 19.7. The van der Waals surface area contributed by atoms with E-state index < -0.39 is 46.3 Å². The van der Waals surface area contributed by atoms with Gasteiger partial charge in [0.25, 0.3) is 5.91 Å². The average molecular weight is 516 g/mol. The number of oxazole rings is 1. The summed E-state index contributed by atoms with van der Waals surface area (Å²) in [6, 6.07) is 8.20. The van der Waals surface area contributed by atoms with Gasteiger partial charge in [0.1, 0.15) is 17.9 Å². The number of aliphatic hydroxyl groups is 1. The number of halogens is 3. The number of carbonyl (C=O) groups is 1. The van der Waals surface area contributed by atoms with Crippen molar-refractivity contribution in [2.24, 2.45) is 0 Å². The molecule has 2 aromatic carbocycles. The first-order valence-corrected chi connectivity index (χ1v) is 11.7. The zero-order chi connectivity index (χ0) is 24.0. The summed E-state index contributed by atoms with van der Waals surface area (Å²) in [5.41, 5.74) is 0.957. The number of aliphatic hydroxyl groups excluding tert-OH is 1. The van der Waals surface area contributed by atoms with Crippen LogP contribution in [0.4, 0.5) is 8.78 Å². The van der Waals surface area contributed by atoms with Crippen molar-refractivity contribution in [2.45, 2.75) is 25.5 Å². The van der Waals surface area contributed by atoms with Crippen molar-refractivity contribution in [3.63, 3.8) is 0 Å². The van der Waals surface area contributed by atoms with Crippen molar-refractivity contribution < 1.29 is 31.5 Å². The third-order valence-electron chi connectivity index (χ3n) is 4.86. The fraction of sp³-hybridized carbons (Fsp3) is 0.273. The van der Waals surface area contributed by atoms with E-state index in [2.05, 4.69) is 15.0 Å². The largest absolute Gasteiger partial charge is 0.445 e. The molecule has 0 saturated heterocycles. The molecule has 3 aromatic rings. The maximum atomic E-state index is 13.6. The molecule has 0 radical (unpaired) electrons. The van der Waals surface area contributed by atoms with Gasteiger partial charge in [0.05, 0.1) is 24.1 Å². The zero-order valence-electron chi connectivity index (χ0n) is 18.1. The third-order valence-corrected chi connectivity index (χ3v) is 6.22. The van der Waals surface area contributed by atoms with Crippen LogP contribution in [0.1, 0.15) is 22.8 Å². The molecular formula is C22H24ClF2N3O5S. The van der Waals surface area contributed by atoms with Gasteiger partial charge in [-0.3, -0.25) is 4.79 Å². The number of amides is 1. The highest BCUT2D eigenvalue weighted by Gasteiger charge is 2.24. The highest BCUT2D eigenvalue weighted by Crippen LogP contribution is 2.19. The third kappa shape index (κ3) is 7.59. The van der Waals surface area contributed by atoms with E-state index >= 15 is 0 Å². The van der Waals surface area contributed by atoms with E-state index in [9.17, 15) is 27.1 Å². The summed E-state index contributed by atoms with van der Waals surface area (Å²) in [4.78, 5) is 16.9. The normalized spacial score (nSPS) is 13.1. The lowest BCUT2D eigenvalue weighted by Gasteiger charge is -2.25. The van der Waals surface area contributed by atoms with Gasteiger partial charge in [-0.1, -0.05) is 6.07 Å². The van der Waals surface area contributed by atoms with Crippen LogP contribution in [0, 0.1) is 11.6 Å². The van der Waals surface area contributed by atoms with Crippen LogP contribution < -0.4 is 10.0 Å². The first kappa shape index (κ1) is 27.4. The summed E-state index contributed by atoms with van der Waals surface area (Å²) in [7, 11) is -3.61. The van der Waals surface area contributed by atoms with Crippen molar-refractivity contribution in [1.82, 2.24) is 15.0 Å². The fourth-order valence-corrected chi connectivity index (χ4v) is 3.76. The maximum Gasteiger partial charge on any atom is 0.251 e. The molecule has 0 aliphatic heterocycles. The number of benzene rings is 2. The lowest BCUT2D eigenvalue weighted by atomic mass is 10.00. The van der Waals surface area contributed by atoms with Gasteiger partial charge < -0.3 is 14.8 Å². The van der Waals surface area contributed by atoms with Gasteiger partial charge in [-0.15, -0.1) is 12.4 Å². The lowest BCUT2D eigenvalue weighted by molar-refractivity contribution is 0.0840. The highest BCUT2D eigenvalue weighted by atomic mass is 35.5. The van der Waals surface area contributed by atoms with Crippen LogP contribution in [0.2, 0.25) is 0 Å². The Bertz CT molecular complexity index is 1190. The summed E-state index contributed by atoms with van der Waals surface area (Å²) in [5, 5.41) is 13.2. The topological polar surface area (TPSA) is 122 Å². The summed E-state index contributed by atoms with van der Waals surface area (Å²) in [5.74, 6) is -2.09. The molecule has 1 aromatic heterocycles. The predicted molar refractivity (Wildman–Crippen MR) is 124 cm³/mol. The van der Waals surface area contributed by atoms with Gasteiger partial charge in [0, 0.05) is 23.7 Å². The van der Waals surface area contributed by atoms with E-state index in [4.69, 9.17) is 4.42 Å². The number of nitrogens with zero attached hydrogens (tertiary/aromatic N) is 1. The minimum absolute atomic E-state index is 0. The Kier molecular flexibility index (Phi) is 9.68. The highest BCUT2D eigenvalue weighted by molar-refractivity contribution is 7.89. The van der Waals surface area contributed by atoms with Gasteiger partial charge in [-0.05, 0) is 49.2 Å². The molecule has 0 fully saturated rings. The first-order valence-electron chi connectivity index (χ1n) is 10.1. The van der Waals surface area contributed by atoms with E-state index in [1.165, 1.54) is 31.5 Å². The molecule has 12 heteroatoms. The van der Waals surface area contributed by atoms with Crippen LogP contribution >= 0.6 is 12.4 Å². The number of carbonyl (C=O) groups excluding carboxylic acids is 1. The van der Waals surface area contributed by atoms with E-state index in [-0.39, 0.29) is 35.7 Å². The molecule has 3 rings (SSSR count). The van der Waals surface area contributed by atoms with E-state index in [0.29, 0.717) is 17.5 Å². The number of hydrogen-bond donors (Lipinski definition) is 3. The Labute approximate surface area is 201 Å². The Balaban J connectivity index is 0.00000408. The molecule has 0 bridgehead atoms. The van der Waals surface area contributed by atoms with Crippen LogP contribution in [0.25, 0.3) is 11.5 Å². The Morgan fingerprint density at radius 1 is 1.18 bits per heavy atom. The molecule has 2 atom stereocenters. The van der Waals surface area contributed by atoms with E-state index in [0.717, 1.165) is 12.1 Å². The van der Waals surface area contributed by atoms with Crippen LogP contribution in [-0.2, 0) is 16.4 Å². The van der Waals surface area contributed by atoms with Crippen molar-refractivity contribution >= 4 is 28.3 Å². The van der Waals surface area contributed by atoms with Gasteiger partial charge in [0.15, 0.2) is 0 Å². The van der Waals surface area contributed by atoms with E-state index in [1.807, 2.05) is 0 Å². The number of nitrogens with one attached hydrogen (secondary N) is 2. The molecule has 0 spiro atoms. The molecule has 0 unspecified atom stereocenters. The molecule has 0 aliphatic carbocycles. The molecule has 1 heterocycles. The number of hydrogen-bond acceptors (Lipinski definition) is 6. The quantitative estimate of drug-likeness (QED) is 0.382. The first-order chi connectivity index (χ1) is 15.7. The summed E-state index contributed by atoms with van der Waals surface area (Å²) < 4.78 is 58.2. The van der Waals surface area contributed by atoms with Crippen molar-refractivity contribution in [3.05, 3.63) is 77.7 Å². The van der Waals surface area contributed by atoms with Gasteiger partial charge >= 0.3 is 0 Å². The van der Waals surface area contributed by atoms with Crippen molar-refractivity contribution in [2.75, 3.05) is 12.3 Å². The molecule has 8 nitrogen and oxygen atoms in total. The summed E-state index contributed by atoms with van der Waals surface area (Å²) >= 11 is 0. The number of sulfonamides is 1. The van der Waals surface area contributed by atoms with Gasteiger partial charge in [-0.25, -0.2) is 26.9 Å². The minimum atomic E-state index is -3.61. The Morgan fingerprint density at radius 2 is 1.88 bits per heavy atom. The van der Waals surface area contributed by atoms with Crippen LogP contribution in [0.15, 0.2) is 59.3 Å². The fourth-order valence-electron chi connectivity index (χ4n) is 3.13. The second kappa shape index (κ2) is 12.0. The Hall–Kier alpha value is -2.86. The second-order valence-corrected chi connectivity index (χ2v) is 9.39. The van der Waals surface area contributed by atoms with Gasteiger partial charge in [-0.2, -0.15) is 0 Å². The molecule has 3 N–H and O–H groups in total. The molecule has 0 saturated carbocycles. The predicted octanol–water partition coefficient (Wildman–Crippen LogP) is 2.68. The summed E-state index contributed by atoms with van der Waals surface area (Å²) in [6.07, 6.45) is 1.33. The second-order valence-electron chi connectivity index (χ2n) is 7.30. The number of aromatic nitrogens is 1. The average Bonchev–Trinajstić information content (AvgIpc) is 3.31. The van der Waals surface area contributed by atoms with Crippen LogP contribution in [-0.4, -0.2) is 48.9 Å². The van der Waals surface area contributed by atoms with Crippen LogP contribution in [0.3, 0.4) is 0 Å². The summed E-state index contributed by atoms with van der Waals surface area (Å²) in [6.45, 7) is 1.04. The maximum absolute atomic E-state index is 13.6. The SMILES string of the molecule is CCS(=O)(=O)NC[C@@H](O)[C@H](Cc1cc(F)cc(F)c1)NC(=O)c1cccc(-c2ncco2)c1.Cl. The molecular weight excluding hydrogens is 492 g/mol. The standard InChI is InChI=1S/C22H23F2N3O5S.ClH/c1-2-33(30,31)26-13-20(28)19(10-14-8-17(23)12-18(24)9-14)27-21(29)15-4-3-5-16(11-15)22-25-6-7-32-22;/h3-9,11-12,19-20,26,28H,2,10,13H2,1H3,(H,27,29);1H/t19-,20+;/m0./s1. The minimum Gasteiger partial charge on any atom is -0.445 e. The number of rotatable bonds is 10. The molecule has 184 valence electrons. The van der Waals surface area contributed by atoms with E-state index in [1.54, 1.807) is 12.1 Å². The van der Waals surface area contributed by atoms with Gasteiger partial charge in [0.2, 0.25) is 15.9 Å². The molecule has 34 heavy (non-hydrogen) atoms. The van der Waals surface area contributed by atoms with Crippen molar-refractivity contribution in [1.29, 1.82) is 0 Å². The Morgan fingerprint density at radius 3 is 2.50 bits per heavy atom. The van der Waals surface area contributed by atoms with Crippen LogP contribution in [0.5, 0.6) is 0 Å². The lowest BCUT2D eigenvalue weighted by Crippen LogP contribution is -2.49. The molecule has 0 aliphatic rings. The smallest absolute Gasteiger partial charge is 0.251 e.